The Morgan fingerprint density at radius 2 is 1.68 bits per heavy atom. The maximum absolute atomic E-state index is 12.4. The lowest BCUT2D eigenvalue weighted by atomic mass is 10.1. The molecule has 0 radical (unpaired) electrons. The number of amides is 2. The largest absolute Gasteiger partial charge is 0.394 e. The Hall–Kier alpha value is -2.66. The van der Waals surface area contributed by atoms with Gasteiger partial charge in [0.05, 0.1) is 12.6 Å². The van der Waals surface area contributed by atoms with Crippen LogP contribution in [-0.2, 0) is 6.42 Å². The number of rotatable bonds is 8. The average Bonchev–Trinajstić information content (AvgIpc) is 2.66. The molecule has 0 aliphatic carbocycles. The number of nitrogens with one attached hydrogen (secondary N) is 2. The van der Waals surface area contributed by atoms with E-state index >= 15 is 0 Å². The van der Waals surface area contributed by atoms with Crippen LogP contribution in [0, 0.1) is 0 Å². The monoisotopic (exact) mass is 340 g/mol. The maximum atomic E-state index is 12.4. The van der Waals surface area contributed by atoms with Crippen LogP contribution in [0.2, 0.25) is 0 Å². The first-order chi connectivity index (χ1) is 12.1. The van der Waals surface area contributed by atoms with Crippen LogP contribution in [0.1, 0.15) is 39.6 Å². The standard InChI is InChI=1S/C20H24N2O3/c1-2-11-21-19(24)16-9-6-10-17(13-16)20(25)22-18(14-23)12-15-7-4-3-5-8-15/h3-10,13,18,23H,2,11-12,14H2,1H3,(H,21,24)(H,22,25). The second kappa shape index (κ2) is 9.59. The molecule has 2 rings (SSSR count). The minimum absolute atomic E-state index is 0.155. The van der Waals surface area contributed by atoms with Crippen LogP contribution in [0.15, 0.2) is 54.6 Å². The summed E-state index contributed by atoms with van der Waals surface area (Å²) in [6, 6.07) is 15.9. The molecular formula is C20H24N2O3. The van der Waals surface area contributed by atoms with Crippen LogP contribution in [0.25, 0.3) is 0 Å². The first-order valence-electron chi connectivity index (χ1n) is 8.48. The Kier molecular flexibility index (Phi) is 7.16. The summed E-state index contributed by atoms with van der Waals surface area (Å²) in [6.07, 6.45) is 1.39. The van der Waals surface area contributed by atoms with Crippen LogP contribution in [0.4, 0.5) is 0 Å². The zero-order valence-corrected chi connectivity index (χ0v) is 14.4. The second-order valence-corrected chi connectivity index (χ2v) is 5.88. The molecule has 0 heterocycles. The highest BCUT2D eigenvalue weighted by Gasteiger charge is 2.15. The molecule has 2 aromatic rings. The molecular weight excluding hydrogens is 316 g/mol. The van der Waals surface area contributed by atoms with Crippen molar-refractivity contribution in [3.8, 4) is 0 Å². The lowest BCUT2D eigenvalue weighted by molar-refractivity contribution is 0.0916. The molecule has 0 spiro atoms. The van der Waals surface area contributed by atoms with Crippen molar-refractivity contribution in [3.05, 3.63) is 71.3 Å². The van der Waals surface area contributed by atoms with E-state index in [0.717, 1.165) is 12.0 Å². The highest BCUT2D eigenvalue weighted by atomic mass is 16.3. The molecule has 0 aromatic heterocycles. The van der Waals surface area contributed by atoms with Crippen molar-refractivity contribution >= 4 is 11.8 Å². The molecule has 5 heteroatoms. The smallest absolute Gasteiger partial charge is 0.251 e. The normalized spacial score (nSPS) is 11.6. The fraction of sp³-hybridized carbons (Fsp3) is 0.300. The van der Waals surface area contributed by atoms with Gasteiger partial charge in [-0.2, -0.15) is 0 Å². The lowest BCUT2D eigenvalue weighted by Crippen LogP contribution is -2.39. The predicted molar refractivity (Wildman–Crippen MR) is 97.6 cm³/mol. The third-order valence-corrected chi connectivity index (χ3v) is 3.80. The molecule has 0 bridgehead atoms. The van der Waals surface area contributed by atoms with Crippen LogP contribution in [0.5, 0.6) is 0 Å². The van der Waals surface area contributed by atoms with Gasteiger partial charge < -0.3 is 15.7 Å². The molecule has 0 saturated heterocycles. The van der Waals surface area contributed by atoms with E-state index in [-0.39, 0.29) is 24.5 Å². The summed E-state index contributed by atoms with van der Waals surface area (Å²) in [5.74, 6) is -0.500. The van der Waals surface area contributed by atoms with E-state index < -0.39 is 0 Å². The van der Waals surface area contributed by atoms with E-state index in [2.05, 4.69) is 10.6 Å². The lowest BCUT2D eigenvalue weighted by Gasteiger charge is -2.16. The third-order valence-electron chi connectivity index (χ3n) is 3.80. The van der Waals surface area contributed by atoms with Gasteiger partial charge in [0.15, 0.2) is 0 Å². The van der Waals surface area contributed by atoms with Crippen molar-refractivity contribution in [2.45, 2.75) is 25.8 Å². The number of carbonyl (C=O) groups is 2. The zero-order chi connectivity index (χ0) is 18.1. The summed E-state index contributed by atoms with van der Waals surface area (Å²) in [5.41, 5.74) is 1.88. The Morgan fingerprint density at radius 3 is 2.32 bits per heavy atom. The summed E-state index contributed by atoms with van der Waals surface area (Å²) in [5, 5.41) is 15.2. The molecule has 0 fully saturated rings. The summed E-state index contributed by atoms with van der Waals surface area (Å²) in [4.78, 5) is 24.5. The van der Waals surface area contributed by atoms with Gasteiger partial charge in [-0.3, -0.25) is 9.59 Å². The number of aliphatic hydroxyl groups is 1. The molecule has 5 nitrogen and oxygen atoms in total. The van der Waals surface area contributed by atoms with Crippen molar-refractivity contribution in [2.24, 2.45) is 0 Å². The number of hydrogen-bond donors (Lipinski definition) is 3. The molecule has 132 valence electrons. The molecule has 1 atom stereocenters. The number of carbonyl (C=O) groups excluding carboxylic acids is 2. The SMILES string of the molecule is CCCNC(=O)c1cccc(C(=O)NC(CO)Cc2ccccc2)c1. The van der Waals surface area contributed by atoms with Crippen molar-refractivity contribution in [1.29, 1.82) is 0 Å². The molecule has 25 heavy (non-hydrogen) atoms. The minimum atomic E-state index is -0.382. The van der Waals surface area contributed by atoms with Gasteiger partial charge in [0.25, 0.3) is 11.8 Å². The average molecular weight is 340 g/mol. The summed E-state index contributed by atoms with van der Waals surface area (Å²) in [7, 11) is 0. The van der Waals surface area contributed by atoms with Gasteiger partial charge in [-0.1, -0.05) is 43.3 Å². The van der Waals surface area contributed by atoms with E-state index in [4.69, 9.17) is 0 Å². The number of hydrogen-bond acceptors (Lipinski definition) is 3. The van der Waals surface area contributed by atoms with E-state index in [1.807, 2.05) is 37.3 Å². The number of benzene rings is 2. The van der Waals surface area contributed by atoms with Gasteiger partial charge in [0.2, 0.25) is 0 Å². The van der Waals surface area contributed by atoms with Crippen molar-refractivity contribution < 1.29 is 14.7 Å². The Labute approximate surface area is 148 Å². The van der Waals surface area contributed by atoms with Gasteiger partial charge >= 0.3 is 0 Å². The van der Waals surface area contributed by atoms with E-state index in [9.17, 15) is 14.7 Å². The Morgan fingerprint density at radius 1 is 1.00 bits per heavy atom. The van der Waals surface area contributed by atoms with E-state index in [1.54, 1.807) is 24.3 Å². The molecule has 1 unspecified atom stereocenters. The molecule has 0 saturated carbocycles. The highest BCUT2D eigenvalue weighted by Crippen LogP contribution is 2.08. The van der Waals surface area contributed by atoms with Gasteiger partial charge in [-0.15, -0.1) is 0 Å². The highest BCUT2D eigenvalue weighted by molar-refractivity contribution is 5.99. The predicted octanol–water partition coefficient (Wildman–Crippen LogP) is 2.16. The topological polar surface area (TPSA) is 78.4 Å². The van der Waals surface area contributed by atoms with Gasteiger partial charge in [-0.25, -0.2) is 0 Å². The minimum Gasteiger partial charge on any atom is -0.394 e. The van der Waals surface area contributed by atoms with Gasteiger partial charge in [-0.05, 0) is 36.6 Å². The zero-order valence-electron chi connectivity index (χ0n) is 14.4. The van der Waals surface area contributed by atoms with Crippen LogP contribution >= 0.6 is 0 Å². The summed E-state index contributed by atoms with van der Waals surface area (Å²) < 4.78 is 0. The first-order valence-corrected chi connectivity index (χ1v) is 8.48. The Balaban J connectivity index is 2.02. The van der Waals surface area contributed by atoms with E-state index in [1.165, 1.54) is 0 Å². The fourth-order valence-electron chi connectivity index (χ4n) is 2.47. The van der Waals surface area contributed by atoms with Crippen molar-refractivity contribution in [2.75, 3.05) is 13.2 Å². The summed E-state index contributed by atoms with van der Waals surface area (Å²) in [6.45, 7) is 2.42. The molecule has 3 N–H and O–H groups in total. The van der Waals surface area contributed by atoms with Gasteiger partial charge in [0, 0.05) is 17.7 Å². The summed E-state index contributed by atoms with van der Waals surface area (Å²) >= 11 is 0. The van der Waals surface area contributed by atoms with Crippen molar-refractivity contribution in [1.82, 2.24) is 10.6 Å². The van der Waals surface area contributed by atoms with Gasteiger partial charge in [0.1, 0.15) is 0 Å². The third kappa shape index (κ3) is 5.72. The van der Waals surface area contributed by atoms with Crippen LogP contribution in [0.3, 0.4) is 0 Å². The molecule has 2 aromatic carbocycles. The Bertz CT molecular complexity index is 701. The molecule has 0 aliphatic heterocycles. The number of aliphatic hydroxyl groups excluding tert-OH is 1. The van der Waals surface area contributed by atoms with E-state index in [0.29, 0.717) is 24.1 Å². The first kappa shape index (κ1) is 18.7. The van der Waals surface area contributed by atoms with Crippen molar-refractivity contribution in [3.63, 3.8) is 0 Å². The van der Waals surface area contributed by atoms with Crippen LogP contribution in [-0.4, -0.2) is 36.1 Å². The molecule has 2 amide bonds. The maximum Gasteiger partial charge on any atom is 0.251 e. The van der Waals surface area contributed by atoms with Crippen LogP contribution < -0.4 is 10.6 Å². The fourth-order valence-corrected chi connectivity index (χ4v) is 2.47. The quantitative estimate of drug-likeness (QED) is 0.689. The molecule has 0 aliphatic rings. The second-order valence-electron chi connectivity index (χ2n) is 5.88.